The van der Waals surface area contributed by atoms with Crippen molar-refractivity contribution in [3.05, 3.63) is 99.7 Å². The first-order valence-corrected chi connectivity index (χ1v) is 10.5. The summed E-state index contributed by atoms with van der Waals surface area (Å²) in [4.78, 5) is 42.2. The summed E-state index contributed by atoms with van der Waals surface area (Å²) in [6.45, 7) is -0.227. The van der Waals surface area contributed by atoms with E-state index in [4.69, 9.17) is 16.3 Å². The second-order valence-electron chi connectivity index (χ2n) is 7.35. The molecule has 0 aliphatic rings. The zero-order valence-corrected chi connectivity index (χ0v) is 18.5. The van der Waals surface area contributed by atoms with Crippen LogP contribution in [0.3, 0.4) is 0 Å². The van der Waals surface area contributed by atoms with Gasteiger partial charge in [0.2, 0.25) is 0 Å². The van der Waals surface area contributed by atoms with Gasteiger partial charge in [-0.15, -0.1) is 0 Å². The Bertz CT molecular complexity index is 1380. The van der Waals surface area contributed by atoms with E-state index in [1.807, 2.05) is 6.07 Å². The van der Waals surface area contributed by atoms with E-state index < -0.39 is 18.5 Å². The minimum atomic E-state index is -0.776. The molecule has 2 aromatic carbocycles. The molecule has 2 heterocycles. The Morgan fingerprint density at radius 1 is 1.03 bits per heavy atom. The molecule has 1 N–H and O–H groups in total. The molecule has 0 radical (unpaired) electrons. The summed E-state index contributed by atoms with van der Waals surface area (Å²) in [5.74, 6) is -1.24. The topological polar surface area (TPSA) is 90.3 Å². The number of carbonyl (C=O) groups excluding carboxylic acids is 2. The molecule has 0 saturated carbocycles. The molecule has 0 atom stereocenters. The predicted octanol–water partition coefficient (Wildman–Crippen LogP) is 3.73. The van der Waals surface area contributed by atoms with Gasteiger partial charge >= 0.3 is 5.97 Å². The molecule has 4 aromatic rings. The van der Waals surface area contributed by atoms with Gasteiger partial charge in [-0.3, -0.25) is 14.6 Å². The zero-order valence-electron chi connectivity index (χ0n) is 17.7. The maximum Gasteiger partial charge on any atom is 0.356 e. The Kier molecular flexibility index (Phi) is 6.51. The number of hydrogen-bond donors (Lipinski definition) is 1. The monoisotopic (exact) mass is 461 g/mol. The van der Waals surface area contributed by atoms with Crippen molar-refractivity contribution < 1.29 is 14.3 Å². The molecule has 166 valence electrons. The smallest absolute Gasteiger partial charge is 0.356 e. The van der Waals surface area contributed by atoms with Crippen molar-refractivity contribution in [1.29, 1.82) is 0 Å². The standard InChI is InChI=1S/C25H20ClN3O4/c1-29-23(25(32)33-15-21(30)28-14-16-5-4-12-27-13-16)22(17-8-10-18(26)11-9-17)19-6-2-3-7-20(19)24(29)31/h2-13H,14-15H2,1H3,(H,28,30). The minimum absolute atomic E-state index is 0.0566. The quantitative estimate of drug-likeness (QED) is 0.442. The second kappa shape index (κ2) is 9.67. The maximum atomic E-state index is 13.1. The molecule has 8 heteroatoms. The van der Waals surface area contributed by atoms with Crippen LogP contribution in [0.2, 0.25) is 5.02 Å². The molecular weight excluding hydrogens is 442 g/mol. The largest absolute Gasteiger partial charge is 0.451 e. The lowest BCUT2D eigenvalue weighted by molar-refractivity contribution is -0.124. The molecule has 0 spiro atoms. The number of ether oxygens (including phenoxy) is 1. The van der Waals surface area contributed by atoms with Gasteiger partial charge in [-0.2, -0.15) is 0 Å². The van der Waals surface area contributed by atoms with Crippen LogP contribution in [0.5, 0.6) is 0 Å². The van der Waals surface area contributed by atoms with Gasteiger partial charge in [0.25, 0.3) is 11.5 Å². The highest BCUT2D eigenvalue weighted by Gasteiger charge is 2.23. The van der Waals surface area contributed by atoms with Crippen molar-refractivity contribution in [2.45, 2.75) is 6.54 Å². The lowest BCUT2D eigenvalue weighted by atomic mass is 9.97. The molecule has 0 bridgehead atoms. The Balaban J connectivity index is 1.65. The minimum Gasteiger partial charge on any atom is -0.451 e. The van der Waals surface area contributed by atoms with Crippen LogP contribution in [0, 0.1) is 0 Å². The third-order valence-electron chi connectivity index (χ3n) is 5.18. The number of benzene rings is 2. The molecule has 0 saturated heterocycles. The fourth-order valence-corrected chi connectivity index (χ4v) is 3.69. The first-order valence-electron chi connectivity index (χ1n) is 10.2. The molecule has 1 amide bonds. The Labute approximate surface area is 194 Å². The summed E-state index contributed by atoms with van der Waals surface area (Å²) in [7, 11) is 1.51. The van der Waals surface area contributed by atoms with Crippen molar-refractivity contribution >= 4 is 34.2 Å². The maximum absolute atomic E-state index is 13.1. The van der Waals surface area contributed by atoms with E-state index in [0.717, 1.165) is 5.56 Å². The van der Waals surface area contributed by atoms with Gasteiger partial charge in [0.15, 0.2) is 6.61 Å². The van der Waals surface area contributed by atoms with E-state index in [-0.39, 0.29) is 17.8 Å². The van der Waals surface area contributed by atoms with Crippen LogP contribution < -0.4 is 10.9 Å². The van der Waals surface area contributed by atoms with Gasteiger partial charge < -0.3 is 14.6 Å². The van der Waals surface area contributed by atoms with Crippen molar-refractivity contribution in [2.24, 2.45) is 7.05 Å². The van der Waals surface area contributed by atoms with Gasteiger partial charge in [0, 0.05) is 42.0 Å². The van der Waals surface area contributed by atoms with E-state index >= 15 is 0 Å². The summed E-state index contributed by atoms with van der Waals surface area (Å²) < 4.78 is 6.55. The average Bonchev–Trinajstić information content (AvgIpc) is 2.84. The van der Waals surface area contributed by atoms with Gasteiger partial charge in [0.05, 0.1) is 0 Å². The number of amides is 1. The number of halogens is 1. The highest BCUT2D eigenvalue weighted by molar-refractivity contribution is 6.30. The van der Waals surface area contributed by atoms with Gasteiger partial charge in [-0.1, -0.05) is 48.0 Å². The molecule has 0 aliphatic heterocycles. The van der Waals surface area contributed by atoms with Crippen LogP contribution in [0.25, 0.3) is 21.9 Å². The predicted molar refractivity (Wildman–Crippen MR) is 126 cm³/mol. The highest BCUT2D eigenvalue weighted by atomic mass is 35.5. The summed E-state index contributed by atoms with van der Waals surface area (Å²) in [5.41, 5.74) is 1.76. The SMILES string of the molecule is Cn1c(C(=O)OCC(=O)NCc2cccnc2)c(-c2ccc(Cl)cc2)c2ccccc2c1=O. The van der Waals surface area contributed by atoms with E-state index in [1.54, 1.807) is 67.0 Å². The van der Waals surface area contributed by atoms with Crippen LogP contribution >= 0.6 is 11.6 Å². The number of hydrogen-bond acceptors (Lipinski definition) is 5. The van der Waals surface area contributed by atoms with Crippen molar-refractivity contribution in [1.82, 2.24) is 14.9 Å². The molecule has 7 nitrogen and oxygen atoms in total. The number of pyridine rings is 2. The van der Waals surface area contributed by atoms with E-state index in [2.05, 4.69) is 10.3 Å². The Morgan fingerprint density at radius 2 is 1.76 bits per heavy atom. The number of fused-ring (bicyclic) bond motifs is 1. The first-order chi connectivity index (χ1) is 16.0. The molecule has 2 aromatic heterocycles. The number of esters is 1. The van der Waals surface area contributed by atoms with Crippen molar-refractivity contribution in [2.75, 3.05) is 6.61 Å². The summed E-state index contributed by atoms with van der Waals surface area (Å²) in [6, 6.07) is 17.6. The second-order valence-corrected chi connectivity index (χ2v) is 7.79. The van der Waals surface area contributed by atoms with E-state index in [9.17, 15) is 14.4 Å². The molecule has 0 fully saturated rings. The average molecular weight is 462 g/mol. The highest BCUT2D eigenvalue weighted by Crippen LogP contribution is 2.31. The summed E-state index contributed by atoms with van der Waals surface area (Å²) in [6.07, 6.45) is 3.27. The summed E-state index contributed by atoms with van der Waals surface area (Å²) in [5, 5.41) is 4.29. The van der Waals surface area contributed by atoms with Crippen LogP contribution in [0.1, 0.15) is 16.1 Å². The summed E-state index contributed by atoms with van der Waals surface area (Å²) >= 11 is 6.04. The van der Waals surface area contributed by atoms with Crippen LogP contribution in [-0.2, 0) is 23.1 Å². The van der Waals surface area contributed by atoms with E-state index in [1.165, 1.54) is 11.6 Å². The number of nitrogens with zero attached hydrogens (tertiary/aromatic N) is 2. The van der Waals surface area contributed by atoms with Crippen LogP contribution in [0.15, 0.2) is 77.9 Å². The molecular formula is C25H20ClN3O4. The fourth-order valence-electron chi connectivity index (χ4n) is 3.57. The Hall–Kier alpha value is -3.97. The fraction of sp³-hybridized carbons (Fsp3) is 0.120. The van der Waals surface area contributed by atoms with Gasteiger partial charge in [-0.05, 0) is 40.8 Å². The van der Waals surface area contributed by atoms with Gasteiger partial charge in [-0.25, -0.2) is 4.79 Å². The molecule has 0 unspecified atom stereocenters. The third kappa shape index (κ3) is 4.78. The van der Waals surface area contributed by atoms with E-state index in [0.29, 0.717) is 26.9 Å². The van der Waals surface area contributed by atoms with Crippen molar-refractivity contribution in [3.63, 3.8) is 0 Å². The third-order valence-corrected chi connectivity index (χ3v) is 5.43. The Morgan fingerprint density at radius 3 is 2.45 bits per heavy atom. The zero-order chi connectivity index (χ0) is 23.4. The van der Waals surface area contributed by atoms with Crippen LogP contribution in [-0.4, -0.2) is 28.0 Å². The molecule has 4 rings (SSSR count). The van der Waals surface area contributed by atoms with Gasteiger partial charge in [0.1, 0.15) is 5.69 Å². The number of carbonyl (C=O) groups is 2. The number of nitrogens with one attached hydrogen (secondary N) is 1. The van der Waals surface area contributed by atoms with Crippen LogP contribution in [0.4, 0.5) is 0 Å². The molecule has 33 heavy (non-hydrogen) atoms. The lowest BCUT2D eigenvalue weighted by Gasteiger charge is -2.17. The molecule has 0 aliphatic carbocycles. The normalized spacial score (nSPS) is 10.7. The first kappa shape index (κ1) is 22.2. The number of rotatable bonds is 6. The van der Waals surface area contributed by atoms with Crippen molar-refractivity contribution in [3.8, 4) is 11.1 Å². The lowest BCUT2D eigenvalue weighted by Crippen LogP contribution is -2.30. The number of aromatic nitrogens is 2.